The van der Waals surface area contributed by atoms with Crippen molar-refractivity contribution in [3.8, 4) is 0 Å². The number of hydrogen-bond donors (Lipinski definition) is 2. The van der Waals surface area contributed by atoms with Gasteiger partial charge < -0.3 is 10.6 Å². The molecule has 2 N–H and O–H groups in total. The molecule has 1 aromatic carbocycles. The molecule has 0 radical (unpaired) electrons. The maximum absolute atomic E-state index is 6.05. The Morgan fingerprint density at radius 3 is 2.58 bits per heavy atom. The molecule has 0 fully saturated rings. The number of halogens is 2. The van der Waals surface area contributed by atoms with Crippen LogP contribution in [0.3, 0.4) is 0 Å². The highest BCUT2D eigenvalue weighted by Gasteiger charge is 2.04. The second kappa shape index (κ2) is 6.19. The lowest BCUT2D eigenvalue weighted by Gasteiger charge is -2.11. The van der Waals surface area contributed by atoms with E-state index in [1.165, 1.54) is 0 Å². The van der Waals surface area contributed by atoms with Gasteiger partial charge in [0.25, 0.3) is 0 Å². The Kier molecular flexibility index (Phi) is 4.58. The quantitative estimate of drug-likeness (QED) is 0.800. The lowest BCUT2D eigenvalue weighted by Crippen LogP contribution is -2.19. The fourth-order valence-corrected chi connectivity index (χ4v) is 2.07. The molecule has 0 aliphatic carbocycles. The summed E-state index contributed by atoms with van der Waals surface area (Å²) in [5, 5.41) is 7.47. The molecule has 0 aliphatic rings. The summed E-state index contributed by atoms with van der Waals surface area (Å²) in [4.78, 5) is 4.20. The van der Waals surface area contributed by atoms with Crippen LogP contribution in [0.1, 0.15) is 5.56 Å². The van der Waals surface area contributed by atoms with Crippen LogP contribution in [0.4, 0.5) is 11.5 Å². The lowest BCUT2D eigenvalue weighted by molar-refractivity contribution is 1.27. The van der Waals surface area contributed by atoms with Crippen molar-refractivity contribution in [2.45, 2.75) is 6.92 Å². The highest BCUT2D eigenvalue weighted by molar-refractivity contribution is 7.80. The fourth-order valence-electron chi connectivity index (χ4n) is 1.40. The average Bonchev–Trinajstić information content (AvgIpc) is 2.36. The summed E-state index contributed by atoms with van der Waals surface area (Å²) in [6.07, 6.45) is 1.76. The molecule has 0 unspecified atom stereocenters. The third-order valence-corrected chi connectivity index (χ3v) is 3.08. The molecule has 1 heterocycles. The summed E-state index contributed by atoms with van der Waals surface area (Å²) < 4.78 is 0. The second-order valence-corrected chi connectivity index (χ2v) is 5.18. The van der Waals surface area contributed by atoms with Gasteiger partial charge in [-0.1, -0.05) is 29.3 Å². The lowest BCUT2D eigenvalue weighted by atomic mass is 10.3. The van der Waals surface area contributed by atoms with Gasteiger partial charge in [0.2, 0.25) is 0 Å². The molecule has 0 saturated heterocycles. The summed E-state index contributed by atoms with van der Waals surface area (Å²) in [6.45, 7) is 1.97. The average molecular weight is 312 g/mol. The first-order valence-corrected chi connectivity index (χ1v) is 6.67. The van der Waals surface area contributed by atoms with Crippen LogP contribution in [0, 0.1) is 6.92 Å². The number of pyridine rings is 1. The summed E-state index contributed by atoms with van der Waals surface area (Å²) in [7, 11) is 0. The molecule has 2 aromatic rings. The summed E-state index contributed by atoms with van der Waals surface area (Å²) in [5.74, 6) is 0.674. The van der Waals surface area contributed by atoms with Gasteiger partial charge >= 0.3 is 0 Å². The van der Waals surface area contributed by atoms with Gasteiger partial charge in [-0.15, -0.1) is 0 Å². The Balaban J connectivity index is 2.03. The van der Waals surface area contributed by atoms with Crippen LogP contribution in [-0.2, 0) is 0 Å². The van der Waals surface area contributed by atoms with Crippen molar-refractivity contribution in [2.75, 3.05) is 10.6 Å². The predicted molar refractivity (Wildman–Crippen MR) is 85.3 cm³/mol. The molecular formula is C13H11Cl2N3S. The van der Waals surface area contributed by atoms with Crippen molar-refractivity contribution < 1.29 is 0 Å². The van der Waals surface area contributed by atoms with E-state index in [2.05, 4.69) is 15.6 Å². The van der Waals surface area contributed by atoms with Crippen molar-refractivity contribution in [1.29, 1.82) is 0 Å². The van der Waals surface area contributed by atoms with Crippen molar-refractivity contribution in [3.63, 3.8) is 0 Å². The van der Waals surface area contributed by atoms with Crippen LogP contribution >= 0.6 is 35.4 Å². The van der Waals surface area contributed by atoms with E-state index >= 15 is 0 Å². The number of hydrogen-bond acceptors (Lipinski definition) is 2. The van der Waals surface area contributed by atoms with Crippen LogP contribution in [0.5, 0.6) is 0 Å². The van der Waals surface area contributed by atoms with Gasteiger partial charge in [0.1, 0.15) is 5.82 Å². The maximum Gasteiger partial charge on any atom is 0.176 e. The zero-order valence-corrected chi connectivity index (χ0v) is 12.4. The SMILES string of the molecule is Cc1ccc(NC(=S)Nc2ccc(Cl)cc2Cl)nc1. The number of aryl methyl sites for hydroxylation is 1. The molecule has 0 atom stereocenters. The number of benzene rings is 1. The van der Waals surface area contributed by atoms with E-state index in [9.17, 15) is 0 Å². The number of aromatic nitrogens is 1. The molecule has 2 rings (SSSR count). The molecule has 0 amide bonds. The molecule has 0 bridgehead atoms. The van der Waals surface area contributed by atoms with E-state index < -0.39 is 0 Å². The zero-order valence-electron chi connectivity index (χ0n) is 10.1. The number of nitrogens with one attached hydrogen (secondary N) is 2. The van der Waals surface area contributed by atoms with Crippen molar-refractivity contribution in [1.82, 2.24) is 4.98 Å². The Morgan fingerprint density at radius 2 is 1.95 bits per heavy atom. The van der Waals surface area contributed by atoms with Gasteiger partial charge in [-0.25, -0.2) is 4.98 Å². The van der Waals surface area contributed by atoms with E-state index in [0.717, 1.165) is 5.56 Å². The normalized spacial score (nSPS) is 10.1. The number of anilines is 2. The molecule has 3 nitrogen and oxygen atoms in total. The Morgan fingerprint density at radius 1 is 1.16 bits per heavy atom. The monoisotopic (exact) mass is 311 g/mol. The maximum atomic E-state index is 6.05. The van der Waals surface area contributed by atoms with E-state index in [1.807, 2.05) is 19.1 Å². The van der Waals surface area contributed by atoms with Gasteiger partial charge in [0.05, 0.1) is 10.7 Å². The Hall–Kier alpha value is -1.36. The first-order chi connectivity index (χ1) is 9.04. The number of thiocarbonyl (C=S) groups is 1. The van der Waals surface area contributed by atoms with E-state index in [4.69, 9.17) is 35.4 Å². The van der Waals surface area contributed by atoms with Gasteiger partial charge in [-0.2, -0.15) is 0 Å². The van der Waals surface area contributed by atoms with Gasteiger partial charge in [-0.05, 0) is 49.0 Å². The van der Waals surface area contributed by atoms with Crippen LogP contribution in [0.25, 0.3) is 0 Å². The van der Waals surface area contributed by atoms with Crippen LogP contribution < -0.4 is 10.6 Å². The minimum absolute atomic E-state index is 0.417. The van der Waals surface area contributed by atoms with Crippen molar-refractivity contribution >= 4 is 52.0 Å². The largest absolute Gasteiger partial charge is 0.331 e. The first-order valence-electron chi connectivity index (χ1n) is 5.50. The van der Waals surface area contributed by atoms with Crippen LogP contribution in [0.2, 0.25) is 10.0 Å². The van der Waals surface area contributed by atoms with E-state index in [0.29, 0.717) is 26.7 Å². The highest BCUT2D eigenvalue weighted by Crippen LogP contribution is 2.25. The highest BCUT2D eigenvalue weighted by atomic mass is 35.5. The molecule has 1 aromatic heterocycles. The zero-order chi connectivity index (χ0) is 13.8. The summed E-state index contributed by atoms with van der Waals surface area (Å²) in [6, 6.07) is 8.96. The first kappa shape index (κ1) is 14.1. The third-order valence-electron chi connectivity index (χ3n) is 2.33. The molecule has 0 aliphatic heterocycles. The summed E-state index contributed by atoms with van der Waals surface area (Å²) >= 11 is 17.1. The Labute approximate surface area is 127 Å². The van der Waals surface area contributed by atoms with E-state index in [-0.39, 0.29) is 0 Å². The van der Waals surface area contributed by atoms with Crippen molar-refractivity contribution in [2.24, 2.45) is 0 Å². The number of rotatable bonds is 2. The molecule has 0 saturated carbocycles. The molecule has 6 heteroatoms. The summed E-state index contributed by atoms with van der Waals surface area (Å²) in [5.41, 5.74) is 1.78. The minimum Gasteiger partial charge on any atom is -0.331 e. The Bertz CT molecular complexity index is 599. The number of nitrogens with zero attached hydrogens (tertiary/aromatic N) is 1. The second-order valence-electron chi connectivity index (χ2n) is 3.92. The predicted octanol–water partition coefficient (Wildman–Crippen LogP) is 4.51. The van der Waals surface area contributed by atoms with Gasteiger partial charge in [0, 0.05) is 11.2 Å². The van der Waals surface area contributed by atoms with Gasteiger partial charge in [0.15, 0.2) is 5.11 Å². The standard InChI is InChI=1S/C13H11Cl2N3S/c1-8-2-5-12(16-7-8)18-13(19)17-11-4-3-9(14)6-10(11)15/h2-7H,1H3,(H2,16,17,18,19). The smallest absolute Gasteiger partial charge is 0.176 e. The topological polar surface area (TPSA) is 37.0 Å². The molecule has 98 valence electrons. The molecule has 0 spiro atoms. The van der Waals surface area contributed by atoms with E-state index in [1.54, 1.807) is 24.4 Å². The van der Waals surface area contributed by atoms with Gasteiger partial charge in [-0.3, -0.25) is 0 Å². The van der Waals surface area contributed by atoms with Crippen LogP contribution in [-0.4, -0.2) is 10.1 Å². The van der Waals surface area contributed by atoms with Crippen LogP contribution in [0.15, 0.2) is 36.5 Å². The fraction of sp³-hybridized carbons (Fsp3) is 0.0769. The molecular weight excluding hydrogens is 301 g/mol. The molecule has 19 heavy (non-hydrogen) atoms. The minimum atomic E-state index is 0.417. The third kappa shape index (κ3) is 4.06. The van der Waals surface area contributed by atoms with Crippen molar-refractivity contribution in [3.05, 3.63) is 52.1 Å².